The lowest BCUT2D eigenvalue weighted by Gasteiger charge is -2.32. The molecule has 9 nitrogen and oxygen atoms in total. The van der Waals surface area contributed by atoms with Crippen LogP contribution in [-0.4, -0.2) is 60.9 Å². The summed E-state index contributed by atoms with van der Waals surface area (Å²) in [6.45, 7) is 1.29. The van der Waals surface area contributed by atoms with Crippen LogP contribution in [0.2, 0.25) is 0 Å². The number of likely N-dealkylation sites (tertiary alicyclic amines) is 1. The molecule has 0 aromatic heterocycles. The molecule has 1 saturated carbocycles. The molecule has 2 N–H and O–H groups in total. The molecule has 0 spiro atoms. The van der Waals surface area contributed by atoms with E-state index in [9.17, 15) is 19.2 Å². The van der Waals surface area contributed by atoms with Crippen molar-refractivity contribution in [3.8, 4) is 5.75 Å². The number of carbonyl (C=O) groups excluding carboxylic acids is 4. The third-order valence-corrected chi connectivity index (χ3v) is 5.84. The summed E-state index contributed by atoms with van der Waals surface area (Å²) in [5.41, 5.74) is 0.425. The first-order valence-corrected chi connectivity index (χ1v) is 10.3. The molecular formula is C21H26N4O5. The van der Waals surface area contributed by atoms with Crippen molar-refractivity contribution in [3.05, 3.63) is 24.3 Å². The number of amides is 5. The summed E-state index contributed by atoms with van der Waals surface area (Å²) in [6, 6.07) is 5.11. The lowest BCUT2D eigenvalue weighted by atomic mass is 10.0. The number of benzene rings is 1. The topological polar surface area (TPSA) is 108 Å². The number of rotatable bonds is 6. The molecule has 9 heteroatoms. The predicted octanol–water partition coefficient (Wildman–Crippen LogP) is 1.03. The maximum Gasteiger partial charge on any atom is 0.329 e. The number of anilines is 1. The van der Waals surface area contributed by atoms with Gasteiger partial charge in [-0.25, -0.2) is 9.69 Å². The fourth-order valence-corrected chi connectivity index (χ4v) is 3.95. The zero-order chi connectivity index (χ0) is 21.3. The number of piperidine rings is 1. The Morgan fingerprint density at radius 2 is 1.77 bits per heavy atom. The van der Waals surface area contributed by atoms with Gasteiger partial charge in [0.1, 0.15) is 11.8 Å². The summed E-state index contributed by atoms with van der Waals surface area (Å²) in [4.78, 5) is 52.4. The average Bonchev–Trinajstić information content (AvgIpc) is 3.55. The van der Waals surface area contributed by atoms with Gasteiger partial charge in [-0.05, 0) is 49.9 Å². The van der Waals surface area contributed by atoms with E-state index in [2.05, 4.69) is 10.6 Å². The van der Waals surface area contributed by atoms with Gasteiger partial charge in [0.2, 0.25) is 11.8 Å². The molecule has 160 valence electrons. The van der Waals surface area contributed by atoms with Crippen LogP contribution in [-0.2, 0) is 14.4 Å². The van der Waals surface area contributed by atoms with Crippen molar-refractivity contribution < 1.29 is 23.9 Å². The highest BCUT2D eigenvalue weighted by Crippen LogP contribution is 2.32. The highest BCUT2D eigenvalue weighted by molar-refractivity contribution is 6.22. The number of nitrogens with one attached hydrogen (secondary N) is 2. The van der Waals surface area contributed by atoms with Gasteiger partial charge in [-0.2, -0.15) is 0 Å². The minimum atomic E-state index is -0.892. The molecule has 1 aliphatic carbocycles. The SMILES string of the molecule is COc1ccc(N2C(=O)N[C@H](CC(=O)NC3CCN(C(=O)C4CC4)CC3)C2=O)cc1. The number of ether oxygens (including phenoxy) is 1. The summed E-state index contributed by atoms with van der Waals surface area (Å²) < 4.78 is 5.09. The maximum atomic E-state index is 12.7. The molecule has 30 heavy (non-hydrogen) atoms. The molecule has 2 aliphatic heterocycles. The number of carbonyl (C=O) groups is 4. The number of nitrogens with zero attached hydrogens (tertiary/aromatic N) is 2. The van der Waals surface area contributed by atoms with Crippen LogP contribution in [0.15, 0.2) is 24.3 Å². The third-order valence-electron chi connectivity index (χ3n) is 5.84. The summed E-state index contributed by atoms with van der Waals surface area (Å²) in [5, 5.41) is 5.52. The summed E-state index contributed by atoms with van der Waals surface area (Å²) in [5.74, 6) is 0.327. The first kappa shape index (κ1) is 20.2. The van der Waals surface area contributed by atoms with Gasteiger partial charge in [0.25, 0.3) is 5.91 Å². The van der Waals surface area contributed by atoms with Gasteiger partial charge in [0, 0.05) is 25.0 Å². The molecule has 3 fully saturated rings. The molecule has 4 rings (SSSR count). The first-order chi connectivity index (χ1) is 14.5. The lowest BCUT2D eigenvalue weighted by Crippen LogP contribution is -2.48. The van der Waals surface area contributed by atoms with Crippen LogP contribution in [0, 0.1) is 5.92 Å². The zero-order valence-corrected chi connectivity index (χ0v) is 16.9. The molecule has 0 unspecified atom stereocenters. The van der Waals surface area contributed by atoms with Gasteiger partial charge >= 0.3 is 6.03 Å². The lowest BCUT2D eigenvalue weighted by molar-refractivity contribution is -0.133. The normalized spacial score (nSPS) is 22.1. The number of hydrogen-bond donors (Lipinski definition) is 2. The third kappa shape index (κ3) is 4.24. The van der Waals surface area contributed by atoms with E-state index < -0.39 is 18.0 Å². The van der Waals surface area contributed by atoms with Gasteiger partial charge in [0.05, 0.1) is 19.2 Å². The van der Waals surface area contributed by atoms with Crippen LogP contribution < -0.4 is 20.3 Å². The van der Waals surface area contributed by atoms with Crippen LogP contribution >= 0.6 is 0 Å². The minimum absolute atomic E-state index is 0.0225. The molecule has 1 aromatic rings. The number of hydrogen-bond acceptors (Lipinski definition) is 5. The minimum Gasteiger partial charge on any atom is -0.497 e. The van der Waals surface area contributed by atoms with Crippen LogP contribution in [0.3, 0.4) is 0 Å². The quantitative estimate of drug-likeness (QED) is 0.676. The smallest absolute Gasteiger partial charge is 0.329 e. The number of imide groups is 1. The fraction of sp³-hybridized carbons (Fsp3) is 0.524. The molecule has 2 saturated heterocycles. The summed E-state index contributed by atoms with van der Waals surface area (Å²) in [7, 11) is 1.53. The Balaban J connectivity index is 1.28. The molecule has 5 amide bonds. The van der Waals surface area contributed by atoms with Crippen molar-refractivity contribution in [2.75, 3.05) is 25.1 Å². The van der Waals surface area contributed by atoms with Crippen LogP contribution in [0.4, 0.5) is 10.5 Å². The largest absolute Gasteiger partial charge is 0.497 e. The Hall–Kier alpha value is -3.10. The number of urea groups is 1. The molecule has 0 bridgehead atoms. The van der Waals surface area contributed by atoms with Gasteiger partial charge in [0.15, 0.2) is 0 Å². The Morgan fingerprint density at radius 1 is 1.10 bits per heavy atom. The van der Waals surface area contributed by atoms with E-state index in [4.69, 9.17) is 4.74 Å². The zero-order valence-electron chi connectivity index (χ0n) is 16.9. The van der Waals surface area contributed by atoms with Gasteiger partial charge in [-0.15, -0.1) is 0 Å². The predicted molar refractivity (Wildman–Crippen MR) is 108 cm³/mol. The number of methoxy groups -OCH3 is 1. The molecule has 0 radical (unpaired) electrons. The van der Waals surface area contributed by atoms with Crippen molar-refractivity contribution >= 4 is 29.4 Å². The first-order valence-electron chi connectivity index (χ1n) is 10.3. The van der Waals surface area contributed by atoms with E-state index in [1.807, 2.05) is 4.90 Å². The second-order valence-corrected chi connectivity index (χ2v) is 8.02. The Bertz CT molecular complexity index is 843. The van der Waals surface area contributed by atoms with Crippen molar-refractivity contribution in [3.63, 3.8) is 0 Å². The van der Waals surface area contributed by atoms with Gasteiger partial charge < -0.3 is 20.3 Å². The monoisotopic (exact) mass is 414 g/mol. The van der Waals surface area contributed by atoms with Crippen molar-refractivity contribution in [1.29, 1.82) is 0 Å². The molecule has 3 aliphatic rings. The van der Waals surface area contributed by atoms with E-state index in [0.717, 1.165) is 17.7 Å². The fourth-order valence-electron chi connectivity index (χ4n) is 3.95. The van der Waals surface area contributed by atoms with Crippen molar-refractivity contribution in [2.24, 2.45) is 5.92 Å². The summed E-state index contributed by atoms with van der Waals surface area (Å²) >= 11 is 0. The van der Waals surface area contributed by atoms with E-state index in [1.165, 1.54) is 7.11 Å². The van der Waals surface area contributed by atoms with Gasteiger partial charge in [-0.3, -0.25) is 14.4 Å². The van der Waals surface area contributed by atoms with Gasteiger partial charge in [-0.1, -0.05) is 0 Å². The second-order valence-electron chi connectivity index (χ2n) is 8.02. The molecule has 2 heterocycles. The van der Waals surface area contributed by atoms with E-state index in [0.29, 0.717) is 37.4 Å². The van der Waals surface area contributed by atoms with E-state index in [1.54, 1.807) is 24.3 Å². The molecular weight excluding hydrogens is 388 g/mol. The van der Waals surface area contributed by atoms with Crippen molar-refractivity contribution in [2.45, 2.75) is 44.2 Å². The maximum absolute atomic E-state index is 12.7. The standard InChI is InChI=1S/C21H26N4O5/c1-30-16-6-4-15(5-7-16)25-20(28)17(23-21(25)29)12-18(26)22-14-8-10-24(11-9-14)19(27)13-2-3-13/h4-7,13-14,17H,2-3,8-12H2,1H3,(H,22,26)(H,23,29)/t17-/m1/s1. The highest BCUT2D eigenvalue weighted by Gasteiger charge is 2.40. The Labute approximate surface area is 174 Å². The van der Waals surface area contributed by atoms with E-state index in [-0.39, 0.29) is 30.2 Å². The van der Waals surface area contributed by atoms with Crippen LogP contribution in [0.1, 0.15) is 32.1 Å². The van der Waals surface area contributed by atoms with E-state index >= 15 is 0 Å². The molecule has 1 aromatic carbocycles. The van der Waals surface area contributed by atoms with Crippen LogP contribution in [0.25, 0.3) is 0 Å². The Kier molecular flexibility index (Phi) is 5.61. The molecule has 1 atom stereocenters. The average molecular weight is 414 g/mol. The highest BCUT2D eigenvalue weighted by atomic mass is 16.5. The Morgan fingerprint density at radius 3 is 2.37 bits per heavy atom. The van der Waals surface area contributed by atoms with Crippen LogP contribution in [0.5, 0.6) is 5.75 Å². The van der Waals surface area contributed by atoms with Crippen molar-refractivity contribution in [1.82, 2.24) is 15.5 Å². The second kappa shape index (κ2) is 8.33. The summed E-state index contributed by atoms with van der Waals surface area (Å²) in [6.07, 6.45) is 3.27.